The van der Waals surface area contributed by atoms with Gasteiger partial charge in [0.2, 0.25) is 0 Å². The Morgan fingerprint density at radius 3 is 2.02 bits per heavy atom. The van der Waals surface area contributed by atoms with Crippen molar-refractivity contribution in [2.45, 2.75) is 47.0 Å². The average molecular weight is 765 g/mol. The molecule has 0 amide bonds. The van der Waals surface area contributed by atoms with Gasteiger partial charge >= 0.3 is 0 Å². The van der Waals surface area contributed by atoms with Gasteiger partial charge in [-0.2, -0.15) is 0 Å². The Bertz CT molecular complexity index is 1940. The van der Waals surface area contributed by atoms with Crippen molar-refractivity contribution in [3.63, 3.8) is 0 Å². The van der Waals surface area contributed by atoms with Gasteiger partial charge in [-0.25, -0.2) is 0 Å². The molecule has 0 bridgehead atoms. The second-order valence-electron chi connectivity index (χ2n) is 12.4. The smallest absolute Gasteiger partial charge is 0.133 e. The number of hydrogen-bond acceptors (Lipinski definition) is 3. The molecule has 3 nitrogen and oxygen atoms in total. The van der Waals surface area contributed by atoms with Crippen molar-refractivity contribution < 1.29 is 24.8 Å². The molecule has 6 aromatic rings. The number of pyridine rings is 2. The number of aryl methyl sites for hydroxylation is 3. The van der Waals surface area contributed by atoms with E-state index in [2.05, 4.69) is 125 Å². The minimum Gasteiger partial charge on any atom is -0.475 e. The van der Waals surface area contributed by atoms with Crippen molar-refractivity contribution in [2.75, 3.05) is 0 Å². The zero-order valence-corrected chi connectivity index (χ0v) is 28.9. The summed E-state index contributed by atoms with van der Waals surface area (Å²) in [6, 6.07) is 39.8. The Morgan fingerprint density at radius 2 is 1.36 bits per heavy atom. The third-order valence-corrected chi connectivity index (χ3v) is 7.86. The molecule has 0 fully saturated rings. The molecule has 7 rings (SSSR count). The molecule has 0 atom stereocenters. The third-order valence-electron chi connectivity index (χ3n) is 7.86. The van der Waals surface area contributed by atoms with Crippen molar-refractivity contribution in [1.82, 2.24) is 9.97 Å². The molecule has 0 spiro atoms. The van der Waals surface area contributed by atoms with Crippen LogP contribution in [0.25, 0.3) is 44.8 Å². The second-order valence-corrected chi connectivity index (χ2v) is 12.4. The first kappa shape index (κ1) is 32.0. The van der Waals surface area contributed by atoms with Crippen LogP contribution in [0.2, 0.25) is 0 Å². The first-order chi connectivity index (χ1) is 21.2. The topological polar surface area (TPSA) is 35.0 Å². The quantitative estimate of drug-likeness (QED) is 0.165. The fourth-order valence-electron chi connectivity index (χ4n) is 5.46. The molecular weight excluding hydrogens is 729 g/mol. The molecule has 0 saturated heterocycles. The van der Waals surface area contributed by atoms with E-state index >= 15 is 0 Å². The summed E-state index contributed by atoms with van der Waals surface area (Å²) >= 11 is 0. The van der Waals surface area contributed by atoms with Gasteiger partial charge in [-0.05, 0) is 71.5 Å². The number of nitrogens with zero attached hydrogens (tertiary/aromatic N) is 2. The zero-order valence-electron chi connectivity index (χ0n) is 26.5. The predicted octanol–water partition coefficient (Wildman–Crippen LogP) is 10.8. The van der Waals surface area contributed by atoms with Crippen LogP contribution in [0.5, 0.6) is 11.5 Å². The Kier molecular flexibility index (Phi) is 9.48. The maximum Gasteiger partial charge on any atom is 0.133 e. The largest absolute Gasteiger partial charge is 0.475 e. The van der Waals surface area contributed by atoms with Gasteiger partial charge in [0, 0.05) is 38.1 Å². The summed E-state index contributed by atoms with van der Waals surface area (Å²) in [5.74, 6) is 1.72. The van der Waals surface area contributed by atoms with Gasteiger partial charge in [0.25, 0.3) is 0 Å². The molecule has 2 aromatic heterocycles. The summed E-state index contributed by atoms with van der Waals surface area (Å²) < 4.78 is 6.46. The van der Waals surface area contributed by atoms with Crippen LogP contribution in [0, 0.1) is 32.9 Å². The van der Waals surface area contributed by atoms with E-state index < -0.39 is 0 Å². The Balaban J connectivity index is 0.000000225. The van der Waals surface area contributed by atoms with Crippen LogP contribution in [0.15, 0.2) is 109 Å². The molecule has 1 radical (unpaired) electrons. The fourth-order valence-corrected chi connectivity index (χ4v) is 5.46. The molecule has 3 heterocycles. The molecule has 4 aromatic carbocycles. The summed E-state index contributed by atoms with van der Waals surface area (Å²) in [6.45, 7) is 12.8. The van der Waals surface area contributed by atoms with E-state index in [1.807, 2.05) is 42.7 Å². The maximum absolute atomic E-state index is 6.46. The van der Waals surface area contributed by atoms with E-state index in [4.69, 9.17) is 9.72 Å². The van der Waals surface area contributed by atoms with E-state index in [-0.39, 0.29) is 25.5 Å². The molecule has 1 aliphatic rings. The normalized spacial score (nSPS) is 11.3. The maximum atomic E-state index is 6.46. The Morgan fingerprint density at radius 1 is 0.622 bits per heavy atom. The number of aromatic nitrogens is 2. The molecule has 227 valence electrons. The molecule has 0 unspecified atom stereocenters. The van der Waals surface area contributed by atoms with Crippen LogP contribution < -0.4 is 4.74 Å². The van der Waals surface area contributed by atoms with E-state index in [0.29, 0.717) is 0 Å². The number of hydrogen-bond donors (Lipinski definition) is 0. The molecule has 4 heteroatoms. The summed E-state index contributed by atoms with van der Waals surface area (Å²) in [5.41, 5.74) is 13.3. The molecule has 0 saturated carbocycles. The number of fused-ring (bicyclic) bond motifs is 5. The Labute approximate surface area is 280 Å². The van der Waals surface area contributed by atoms with Crippen LogP contribution >= 0.6 is 0 Å². The molecule has 1 aliphatic heterocycles. The van der Waals surface area contributed by atoms with Crippen LogP contribution in [0.1, 0.15) is 43.0 Å². The minimum atomic E-state index is 0. The standard InChI is InChI=1S/C28H24NO.C13H12N.Ir/c1-18-9-12-23-21-7-5-6-8-22(21)24-13-10-19(16-27(24)30-26(23)15-18)25-14-11-20(17-29-25)28(2,3)4;1-10-8-11(2)13(14-9-10)12-6-4-3-5-7-12;/h5-9,11-17H,1-4H3;3-6,8-9H,1-2H3;/q2*-1;. The van der Waals surface area contributed by atoms with Gasteiger partial charge in [-0.3, -0.25) is 0 Å². The van der Waals surface area contributed by atoms with Crippen LogP contribution in [0.3, 0.4) is 0 Å². The van der Waals surface area contributed by atoms with Crippen LogP contribution in [0.4, 0.5) is 0 Å². The zero-order chi connectivity index (χ0) is 30.8. The van der Waals surface area contributed by atoms with Crippen LogP contribution in [-0.2, 0) is 25.5 Å². The van der Waals surface area contributed by atoms with E-state index in [1.54, 1.807) is 0 Å². The molecule has 45 heavy (non-hydrogen) atoms. The van der Waals surface area contributed by atoms with Gasteiger partial charge in [0.05, 0.1) is 5.75 Å². The van der Waals surface area contributed by atoms with E-state index in [1.165, 1.54) is 27.8 Å². The average Bonchev–Trinajstić information content (AvgIpc) is 3.15. The van der Waals surface area contributed by atoms with E-state index in [0.717, 1.165) is 50.7 Å². The molecule has 0 N–H and O–H groups in total. The first-order valence-electron chi connectivity index (χ1n) is 15.0. The SMILES string of the molecule is Cc1ccc2c(c1)Oc1cc(-c3ccc(C(C)(C)C)cn3)[c-]cc1-c1ccccc1-2.Cc1cnc(-c2[c-]cccc2)c(C)c1.[Ir]. The van der Waals surface area contributed by atoms with Gasteiger partial charge < -0.3 is 14.7 Å². The van der Waals surface area contributed by atoms with Crippen molar-refractivity contribution in [3.05, 3.63) is 144 Å². The summed E-state index contributed by atoms with van der Waals surface area (Å²) in [7, 11) is 0. The Hall–Kier alpha value is -4.37. The second kappa shape index (κ2) is 13.3. The summed E-state index contributed by atoms with van der Waals surface area (Å²) in [4.78, 5) is 9.12. The van der Waals surface area contributed by atoms with Crippen molar-refractivity contribution in [3.8, 4) is 56.3 Å². The molecule has 0 aliphatic carbocycles. The monoisotopic (exact) mass is 765 g/mol. The van der Waals surface area contributed by atoms with Crippen molar-refractivity contribution >= 4 is 0 Å². The van der Waals surface area contributed by atoms with Crippen molar-refractivity contribution in [1.29, 1.82) is 0 Å². The first-order valence-corrected chi connectivity index (χ1v) is 15.0. The predicted molar refractivity (Wildman–Crippen MR) is 181 cm³/mol. The van der Waals surface area contributed by atoms with Gasteiger partial charge in [0.1, 0.15) is 5.75 Å². The number of ether oxygens (including phenoxy) is 1. The van der Waals surface area contributed by atoms with Gasteiger partial charge in [0.15, 0.2) is 0 Å². The molecular formula is C41H36IrN2O-2. The summed E-state index contributed by atoms with van der Waals surface area (Å²) in [5, 5.41) is 0. The summed E-state index contributed by atoms with van der Waals surface area (Å²) in [6.07, 6.45) is 3.85. The minimum absolute atomic E-state index is 0. The van der Waals surface area contributed by atoms with Crippen molar-refractivity contribution in [2.24, 2.45) is 0 Å². The number of rotatable bonds is 2. The third kappa shape index (κ3) is 6.99. The van der Waals surface area contributed by atoms with Gasteiger partial charge in [-0.1, -0.05) is 92.6 Å². The fraction of sp³-hybridized carbons (Fsp3) is 0.171. The van der Waals surface area contributed by atoms with Gasteiger partial charge in [-0.15, -0.1) is 53.6 Å². The number of benzene rings is 4. The van der Waals surface area contributed by atoms with Crippen LogP contribution in [-0.4, -0.2) is 9.97 Å². The van der Waals surface area contributed by atoms with E-state index in [9.17, 15) is 0 Å².